The van der Waals surface area contributed by atoms with Crippen molar-refractivity contribution in [2.45, 2.75) is 19.9 Å². The number of aromatic nitrogens is 2. The van der Waals surface area contributed by atoms with E-state index in [2.05, 4.69) is 22.1 Å². The van der Waals surface area contributed by atoms with Gasteiger partial charge in [0.1, 0.15) is 5.58 Å². The van der Waals surface area contributed by atoms with E-state index in [0.717, 1.165) is 36.3 Å². The third-order valence-electron chi connectivity index (χ3n) is 5.37. The normalized spacial score (nSPS) is 17.3. The number of hydrogen-bond acceptors (Lipinski definition) is 5. The van der Waals surface area contributed by atoms with Gasteiger partial charge in [0.15, 0.2) is 11.5 Å². The number of piperazine rings is 1. The van der Waals surface area contributed by atoms with Crippen LogP contribution in [0.1, 0.15) is 12.5 Å². The van der Waals surface area contributed by atoms with Crippen molar-refractivity contribution < 1.29 is 8.81 Å². The minimum Gasteiger partial charge on any atom is -0.422 e. The number of rotatable bonds is 2. The zero-order valence-electron chi connectivity index (χ0n) is 16.3. The Morgan fingerprint density at radius 3 is 2.93 bits per heavy atom. The molecule has 0 bridgehead atoms. The Balaban J connectivity index is 1.58. The van der Waals surface area contributed by atoms with Gasteiger partial charge in [-0.15, -0.1) is 0 Å². The molecule has 1 aliphatic rings. The molecule has 0 amide bonds. The molecule has 29 heavy (non-hydrogen) atoms. The molecule has 0 spiro atoms. The molecule has 1 fully saturated rings. The highest BCUT2D eigenvalue weighted by atomic mass is 19.1. The van der Waals surface area contributed by atoms with Gasteiger partial charge >= 0.3 is 5.63 Å². The summed E-state index contributed by atoms with van der Waals surface area (Å²) >= 11 is 0. The smallest absolute Gasteiger partial charge is 0.345 e. The Kier molecular flexibility index (Phi) is 4.13. The monoisotopic (exact) mass is 392 g/mol. The van der Waals surface area contributed by atoms with E-state index in [0.29, 0.717) is 22.9 Å². The van der Waals surface area contributed by atoms with Crippen LogP contribution in [0.25, 0.3) is 27.9 Å². The Morgan fingerprint density at radius 2 is 2.10 bits per heavy atom. The van der Waals surface area contributed by atoms with E-state index >= 15 is 0 Å². The Bertz CT molecular complexity index is 1290. The summed E-state index contributed by atoms with van der Waals surface area (Å²) < 4.78 is 21.4. The number of aryl methyl sites for hydroxylation is 1. The molecule has 0 radical (unpaired) electrons. The van der Waals surface area contributed by atoms with Crippen molar-refractivity contribution >= 4 is 22.3 Å². The number of pyridine rings is 1. The largest absolute Gasteiger partial charge is 0.422 e. The van der Waals surface area contributed by atoms with Crippen molar-refractivity contribution in [3.8, 4) is 11.3 Å². The first-order chi connectivity index (χ1) is 14.0. The number of benzene rings is 1. The van der Waals surface area contributed by atoms with Crippen LogP contribution in [0.4, 0.5) is 10.1 Å². The topological polar surface area (TPSA) is 62.8 Å². The lowest BCUT2D eigenvalue weighted by molar-refractivity contribution is 0.484. The fourth-order valence-corrected chi connectivity index (χ4v) is 3.96. The maximum absolute atomic E-state index is 14.2. The van der Waals surface area contributed by atoms with Crippen LogP contribution in [0.2, 0.25) is 0 Å². The van der Waals surface area contributed by atoms with Crippen molar-refractivity contribution in [2.24, 2.45) is 0 Å². The molecule has 0 aliphatic carbocycles. The quantitative estimate of drug-likeness (QED) is 0.530. The molecular formula is C22H21FN4O2. The lowest BCUT2D eigenvalue weighted by Crippen LogP contribution is -2.49. The molecular weight excluding hydrogens is 371 g/mol. The van der Waals surface area contributed by atoms with Gasteiger partial charge in [-0.3, -0.25) is 0 Å². The second kappa shape index (κ2) is 6.70. The van der Waals surface area contributed by atoms with E-state index in [9.17, 15) is 9.18 Å². The molecule has 1 atom stereocenters. The second-order valence-electron chi connectivity index (χ2n) is 7.69. The number of nitrogens with one attached hydrogen (secondary N) is 1. The van der Waals surface area contributed by atoms with E-state index in [1.807, 2.05) is 25.1 Å². The molecule has 4 aromatic rings. The van der Waals surface area contributed by atoms with Gasteiger partial charge in [0.05, 0.1) is 11.3 Å². The van der Waals surface area contributed by atoms with Gasteiger partial charge in [0.25, 0.3) is 0 Å². The van der Waals surface area contributed by atoms with E-state index in [1.54, 1.807) is 22.9 Å². The van der Waals surface area contributed by atoms with Crippen LogP contribution in [0.15, 0.2) is 51.9 Å². The first-order valence-corrected chi connectivity index (χ1v) is 9.69. The highest BCUT2D eigenvalue weighted by molar-refractivity contribution is 5.84. The molecule has 3 aromatic heterocycles. The molecule has 6 nitrogen and oxygen atoms in total. The van der Waals surface area contributed by atoms with Crippen LogP contribution in [-0.4, -0.2) is 35.1 Å². The first-order valence-electron chi connectivity index (χ1n) is 9.69. The van der Waals surface area contributed by atoms with E-state index < -0.39 is 11.4 Å². The third-order valence-corrected chi connectivity index (χ3v) is 5.37. The number of imidazole rings is 1. The van der Waals surface area contributed by atoms with Crippen LogP contribution in [0.5, 0.6) is 0 Å². The predicted octanol–water partition coefficient (Wildman–Crippen LogP) is 3.35. The van der Waals surface area contributed by atoms with Gasteiger partial charge < -0.3 is 19.0 Å². The summed E-state index contributed by atoms with van der Waals surface area (Å²) in [5.41, 5.74) is 2.77. The molecule has 1 unspecified atom stereocenters. The number of nitrogens with zero attached hydrogens (tertiary/aromatic N) is 3. The first kappa shape index (κ1) is 17.9. The summed E-state index contributed by atoms with van der Waals surface area (Å²) in [6.07, 6.45) is 3.43. The summed E-state index contributed by atoms with van der Waals surface area (Å²) in [7, 11) is 0. The molecule has 1 aliphatic heterocycles. The molecule has 1 saturated heterocycles. The summed E-state index contributed by atoms with van der Waals surface area (Å²) in [4.78, 5) is 19.3. The summed E-state index contributed by atoms with van der Waals surface area (Å²) in [5.74, 6) is -0.420. The van der Waals surface area contributed by atoms with Crippen LogP contribution < -0.4 is 15.8 Å². The summed E-state index contributed by atoms with van der Waals surface area (Å²) in [5, 5.41) is 4.23. The van der Waals surface area contributed by atoms with Crippen LogP contribution in [0.3, 0.4) is 0 Å². The number of fused-ring (bicyclic) bond motifs is 2. The maximum atomic E-state index is 14.2. The summed E-state index contributed by atoms with van der Waals surface area (Å²) in [6.45, 7) is 6.69. The van der Waals surface area contributed by atoms with E-state index in [1.165, 1.54) is 6.07 Å². The fourth-order valence-electron chi connectivity index (χ4n) is 3.96. The highest BCUT2D eigenvalue weighted by Crippen LogP contribution is 2.26. The minimum absolute atomic E-state index is 0.188. The lowest BCUT2D eigenvalue weighted by atomic mass is 10.1. The SMILES string of the molecule is Cc1cc(F)c2nc(-c3cc4ccc(N5CCNC(C)C5)cc4oc3=O)cn2c1. The number of anilines is 1. The van der Waals surface area contributed by atoms with Crippen LogP contribution in [-0.2, 0) is 0 Å². The van der Waals surface area contributed by atoms with Crippen molar-refractivity contribution in [3.05, 3.63) is 64.5 Å². The third kappa shape index (κ3) is 3.17. The van der Waals surface area contributed by atoms with Crippen LogP contribution >= 0.6 is 0 Å². The molecule has 4 heterocycles. The average Bonchev–Trinajstić information content (AvgIpc) is 3.11. The van der Waals surface area contributed by atoms with Crippen molar-refractivity contribution in [3.63, 3.8) is 0 Å². The molecule has 0 saturated carbocycles. The molecule has 7 heteroatoms. The highest BCUT2D eigenvalue weighted by Gasteiger charge is 2.18. The molecule has 1 aromatic carbocycles. The van der Waals surface area contributed by atoms with Gasteiger partial charge in [-0.2, -0.15) is 0 Å². The van der Waals surface area contributed by atoms with E-state index in [-0.39, 0.29) is 5.65 Å². The van der Waals surface area contributed by atoms with Crippen molar-refractivity contribution in [1.82, 2.24) is 14.7 Å². The Morgan fingerprint density at radius 1 is 1.24 bits per heavy atom. The Hall–Kier alpha value is -3.19. The molecule has 148 valence electrons. The number of hydrogen-bond donors (Lipinski definition) is 1. The average molecular weight is 392 g/mol. The standard InChI is InChI=1S/C22H21FN4O2/c1-13-7-18(23)21-25-19(12-27(21)10-13)17-8-15-3-4-16(9-20(15)29-22(17)28)26-6-5-24-14(2)11-26/h3-4,7-10,12,14,24H,5-6,11H2,1-2H3. The van der Waals surface area contributed by atoms with Gasteiger partial charge in [0.2, 0.25) is 0 Å². The van der Waals surface area contributed by atoms with Gasteiger partial charge in [-0.05, 0) is 43.7 Å². The maximum Gasteiger partial charge on any atom is 0.345 e. The van der Waals surface area contributed by atoms with Crippen LogP contribution in [0, 0.1) is 12.7 Å². The zero-order valence-corrected chi connectivity index (χ0v) is 16.3. The lowest BCUT2D eigenvalue weighted by Gasteiger charge is -2.33. The second-order valence-corrected chi connectivity index (χ2v) is 7.69. The fraction of sp³-hybridized carbons (Fsp3) is 0.273. The number of halogens is 1. The van der Waals surface area contributed by atoms with Gasteiger partial charge in [-0.25, -0.2) is 14.2 Å². The van der Waals surface area contributed by atoms with Gasteiger partial charge in [0, 0.05) is 55.2 Å². The minimum atomic E-state index is -0.483. The zero-order chi connectivity index (χ0) is 20.1. The van der Waals surface area contributed by atoms with Gasteiger partial charge in [-0.1, -0.05) is 0 Å². The van der Waals surface area contributed by atoms with E-state index in [4.69, 9.17) is 4.42 Å². The van der Waals surface area contributed by atoms with Crippen molar-refractivity contribution in [1.29, 1.82) is 0 Å². The molecule has 5 rings (SSSR count). The Labute approximate surface area is 166 Å². The molecule has 1 N–H and O–H groups in total. The summed E-state index contributed by atoms with van der Waals surface area (Å²) in [6, 6.07) is 9.49. The van der Waals surface area contributed by atoms with Crippen molar-refractivity contribution in [2.75, 3.05) is 24.5 Å². The predicted molar refractivity (Wildman–Crippen MR) is 111 cm³/mol.